The van der Waals surface area contributed by atoms with Crippen LogP contribution in [0.15, 0.2) is 98.8 Å². The molecule has 2 aromatic heterocycles. The predicted molar refractivity (Wildman–Crippen MR) is 153 cm³/mol. The van der Waals surface area contributed by atoms with Crippen molar-refractivity contribution in [3.63, 3.8) is 0 Å². The van der Waals surface area contributed by atoms with Gasteiger partial charge in [0.25, 0.3) is 11.2 Å². The molecule has 0 bridgehead atoms. The maximum Gasteiger partial charge on any atom is 0.338 e. The lowest BCUT2D eigenvalue weighted by atomic mass is 9.96. The summed E-state index contributed by atoms with van der Waals surface area (Å²) in [6.07, 6.45) is 2.96. The van der Waals surface area contributed by atoms with Crippen LogP contribution in [0.4, 0.5) is 5.69 Å². The summed E-state index contributed by atoms with van der Waals surface area (Å²) in [4.78, 5) is 54.2. The van der Waals surface area contributed by atoms with Gasteiger partial charge in [0.15, 0.2) is 4.80 Å². The number of aromatic nitrogens is 1. The Labute approximate surface area is 242 Å². The maximum atomic E-state index is 13.8. The van der Waals surface area contributed by atoms with Crippen molar-refractivity contribution < 1.29 is 28.4 Å². The van der Waals surface area contributed by atoms with Gasteiger partial charge in [-0.15, -0.1) is 0 Å². The molecule has 0 saturated heterocycles. The normalized spacial score (nSPS) is 14.6. The van der Waals surface area contributed by atoms with Crippen molar-refractivity contribution in [3.05, 3.63) is 126 Å². The molecular weight excluding hydrogens is 562 g/mol. The van der Waals surface area contributed by atoms with Crippen LogP contribution in [0.3, 0.4) is 0 Å². The van der Waals surface area contributed by atoms with Crippen LogP contribution in [0.1, 0.15) is 31.2 Å². The summed E-state index contributed by atoms with van der Waals surface area (Å²) in [6, 6.07) is 15.0. The van der Waals surface area contributed by atoms with E-state index in [1.54, 1.807) is 61.5 Å². The first-order valence-corrected chi connectivity index (χ1v) is 13.4. The number of fused-ring (bicyclic) bond motifs is 1. The highest BCUT2D eigenvalue weighted by Gasteiger charge is 2.33. The van der Waals surface area contributed by atoms with Crippen molar-refractivity contribution in [2.24, 2.45) is 4.99 Å². The smallest absolute Gasteiger partial charge is 0.338 e. The summed E-state index contributed by atoms with van der Waals surface area (Å²) in [6.45, 7) is 6.49. The van der Waals surface area contributed by atoms with Crippen LogP contribution in [0.5, 0.6) is 5.75 Å². The van der Waals surface area contributed by atoms with Crippen molar-refractivity contribution >= 4 is 35.0 Å². The lowest BCUT2D eigenvalue weighted by molar-refractivity contribution is -0.384. The molecule has 0 aliphatic carbocycles. The highest BCUT2D eigenvalue weighted by atomic mass is 32.1. The number of carbonyl (C=O) groups excluding carboxylic acids is 2. The number of esters is 2. The third-order valence-electron chi connectivity index (χ3n) is 6.30. The van der Waals surface area contributed by atoms with Gasteiger partial charge in [0, 0.05) is 19.1 Å². The number of hydrogen-bond acceptors (Lipinski definition) is 10. The second-order valence-corrected chi connectivity index (χ2v) is 10.1. The van der Waals surface area contributed by atoms with E-state index in [1.165, 1.54) is 29.7 Å². The number of thiazole rings is 1. The summed E-state index contributed by atoms with van der Waals surface area (Å²) in [7, 11) is 0. The van der Waals surface area contributed by atoms with Gasteiger partial charge in [0.2, 0.25) is 0 Å². The zero-order chi connectivity index (χ0) is 30.0. The van der Waals surface area contributed by atoms with Crippen LogP contribution >= 0.6 is 11.3 Å². The fraction of sp³-hybridized carbons (Fsp3) is 0.133. The first-order valence-electron chi connectivity index (χ1n) is 12.6. The molecule has 11 nitrogen and oxygen atoms in total. The average Bonchev–Trinajstić information content (AvgIpc) is 3.55. The van der Waals surface area contributed by atoms with Gasteiger partial charge < -0.3 is 13.9 Å². The quantitative estimate of drug-likeness (QED) is 0.0991. The summed E-state index contributed by atoms with van der Waals surface area (Å²) in [5.74, 6) is -0.252. The summed E-state index contributed by atoms with van der Waals surface area (Å²) in [5, 5.41) is 11.5. The SMILES string of the molecule is C=CCOC(=O)C1=C(C)N=c2s/c(=C\c3ccc(-c4ccccc4[N+](=O)[O-])o3)c(=O)n2C1c1ccc(OC(C)=O)cc1. The number of furan rings is 1. The summed E-state index contributed by atoms with van der Waals surface area (Å²) in [5.41, 5.74) is 0.881. The van der Waals surface area contributed by atoms with Crippen LogP contribution in [0.25, 0.3) is 17.4 Å². The molecule has 1 aliphatic rings. The van der Waals surface area contributed by atoms with Gasteiger partial charge in [-0.05, 0) is 42.8 Å². The molecule has 0 radical (unpaired) electrons. The number of nitro benzene ring substituents is 1. The van der Waals surface area contributed by atoms with E-state index in [4.69, 9.17) is 13.9 Å². The van der Waals surface area contributed by atoms with E-state index in [1.807, 2.05) is 0 Å². The van der Waals surface area contributed by atoms with E-state index >= 15 is 0 Å². The second-order valence-electron chi connectivity index (χ2n) is 9.11. The van der Waals surface area contributed by atoms with Gasteiger partial charge in [-0.25, -0.2) is 9.79 Å². The topological polar surface area (TPSA) is 143 Å². The molecule has 0 fully saturated rings. The molecule has 4 aromatic rings. The molecule has 1 aliphatic heterocycles. The lowest BCUT2D eigenvalue weighted by Crippen LogP contribution is -2.39. The van der Waals surface area contributed by atoms with Crippen LogP contribution in [-0.4, -0.2) is 28.0 Å². The van der Waals surface area contributed by atoms with E-state index in [2.05, 4.69) is 11.6 Å². The van der Waals surface area contributed by atoms with Crippen LogP contribution < -0.4 is 19.6 Å². The fourth-order valence-corrected chi connectivity index (χ4v) is 5.57. The first-order chi connectivity index (χ1) is 20.2. The molecule has 42 heavy (non-hydrogen) atoms. The number of hydrogen-bond donors (Lipinski definition) is 0. The molecule has 12 heteroatoms. The Kier molecular flexibility index (Phi) is 7.80. The highest BCUT2D eigenvalue weighted by Crippen LogP contribution is 2.33. The second kappa shape index (κ2) is 11.6. The minimum Gasteiger partial charge on any atom is -0.458 e. The molecule has 1 atom stereocenters. The number of allylic oxidation sites excluding steroid dienone is 1. The molecular formula is C30H23N3O8S. The van der Waals surface area contributed by atoms with Gasteiger partial charge in [0.1, 0.15) is 23.9 Å². The molecule has 1 unspecified atom stereocenters. The first kappa shape index (κ1) is 28.2. The number of para-hydroxylation sites is 1. The number of nitrogens with zero attached hydrogens (tertiary/aromatic N) is 3. The van der Waals surface area contributed by atoms with Gasteiger partial charge in [-0.3, -0.25) is 24.3 Å². The van der Waals surface area contributed by atoms with Crippen LogP contribution in [0.2, 0.25) is 0 Å². The summed E-state index contributed by atoms with van der Waals surface area (Å²) >= 11 is 1.10. The Morgan fingerprint density at radius 3 is 2.60 bits per heavy atom. The average molecular weight is 586 g/mol. The Hall–Kier alpha value is -5.36. The van der Waals surface area contributed by atoms with E-state index in [0.717, 1.165) is 11.3 Å². The van der Waals surface area contributed by atoms with Gasteiger partial charge in [0.05, 0.1) is 32.3 Å². The Morgan fingerprint density at radius 1 is 1.17 bits per heavy atom. The number of benzene rings is 2. The highest BCUT2D eigenvalue weighted by molar-refractivity contribution is 7.07. The molecule has 2 aromatic carbocycles. The minimum atomic E-state index is -0.883. The Morgan fingerprint density at radius 2 is 1.90 bits per heavy atom. The Balaban J connectivity index is 1.61. The van der Waals surface area contributed by atoms with E-state index in [-0.39, 0.29) is 28.2 Å². The van der Waals surface area contributed by atoms with Crippen LogP contribution in [0, 0.1) is 10.1 Å². The number of carbonyl (C=O) groups is 2. The molecule has 0 amide bonds. The largest absolute Gasteiger partial charge is 0.458 e. The molecule has 0 N–H and O–H groups in total. The van der Waals surface area contributed by atoms with Crippen molar-refractivity contribution in [1.29, 1.82) is 0 Å². The predicted octanol–water partition coefficient (Wildman–Crippen LogP) is 4.06. The van der Waals surface area contributed by atoms with Gasteiger partial charge >= 0.3 is 11.9 Å². The van der Waals surface area contributed by atoms with Crippen molar-refractivity contribution in [1.82, 2.24) is 4.57 Å². The fourth-order valence-electron chi connectivity index (χ4n) is 4.54. The standard InChI is InChI=1S/C30H23N3O8S/c1-4-15-39-29(36)26-17(2)31-30-32(27(26)19-9-11-20(12-10-19)40-18(3)34)28(35)25(42-30)16-21-13-14-24(41-21)22-7-5-6-8-23(22)33(37)38/h4-14,16,27H,1,15H2,2-3H3/b25-16-. The van der Waals surface area contributed by atoms with E-state index in [9.17, 15) is 24.5 Å². The van der Waals surface area contributed by atoms with E-state index < -0.39 is 28.5 Å². The molecule has 0 spiro atoms. The minimum absolute atomic E-state index is 0.0292. The Bertz CT molecular complexity index is 1950. The zero-order valence-electron chi connectivity index (χ0n) is 22.4. The number of nitro groups is 1. The third-order valence-corrected chi connectivity index (χ3v) is 7.28. The monoisotopic (exact) mass is 585 g/mol. The molecule has 212 valence electrons. The van der Waals surface area contributed by atoms with Crippen LogP contribution in [-0.2, 0) is 14.3 Å². The van der Waals surface area contributed by atoms with Gasteiger partial charge in [-0.2, -0.15) is 0 Å². The van der Waals surface area contributed by atoms with E-state index in [0.29, 0.717) is 33.1 Å². The van der Waals surface area contributed by atoms with Crippen molar-refractivity contribution in [2.75, 3.05) is 6.61 Å². The van der Waals surface area contributed by atoms with Gasteiger partial charge in [-0.1, -0.05) is 48.3 Å². The molecule has 3 heterocycles. The van der Waals surface area contributed by atoms with Crippen molar-refractivity contribution in [2.45, 2.75) is 19.9 Å². The summed E-state index contributed by atoms with van der Waals surface area (Å²) < 4.78 is 18.0. The molecule has 5 rings (SSSR count). The van der Waals surface area contributed by atoms with Crippen molar-refractivity contribution in [3.8, 4) is 17.1 Å². The third kappa shape index (κ3) is 5.47. The number of ether oxygens (including phenoxy) is 2. The lowest BCUT2D eigenvalue weighted by Gasteiger charge is -2.24. The zero-order valence-corrected chi connectivity index (χ0v) is 23.3. The number of rotatable bonds is 8. The molecule has 0 saturated carbocycles. The maximum absolute atomic E-state index is 13.8.